The minimum atomic E-state index is -0.586. The highest BCUT2D eigenvalue weighted by molar-refractivity contribution is 5.95. The Hall–Kier alpha value is -2.75. The summed E-state index contributed by atoms with van der Waals surface area (Å²) in [6.07, 6.45) is 1.71. The number of aryl methyl sites for hydroxylation is 3. The van der Waals surface area contributed by atoms with Crippen LogP contribution in [0, 0.1) is 34.6 Å². The van der Waals surface area contributed by atoms with Gasteiger partial charge in [-0.15, -0.1) is 0 Å². The van der Waals surface area contributed by atoms with Gasteiger partial charge in [-0.25, -0.2) is 4.98 Å². The molecule has 0 saturated carbocycles. The SMILES string of the molecule is CC.CCC1(C)C(=O)CCc2c1cc1n(c2=O)Cc2c-1nc1c(C)c(C)c(C)c(C)c1c2C. The summed E-state index contributed by atoms with van der Waals surface area (Å²) >= 11 is 0. The van der Waals surface area contributed by atoms with E-state index in [9.17, 15) is 9.59 Å². The Morgan fingerprint density at radius 2 is 1.55 bits per heavy atom. The third kappa shape index (κ3) is 2.99. The number of Topliss-reactive ketones (excluding diaryl/α,β-unsaturated/α-hetero) is 1. The summed E-state index contributed by atoms with van der Waals surface area (Å²) in [5.41, 5.74) is 11.5. The first-order valence-electron chi connectivity index (χ1n) is 12.3. The highest BCUT2D eigenvalue weighted by Crippen LogP contribution is 2.42. The van der Waals surface area contributed by atoms with Crippen LogP contribution in [-0.2, 0) is 23.2 Å². The molecule has 0 N–H and O–H groups in total. The minimum Gasteiger partial charge on any atom is -0.302 e. The van der Waals surface area contributed by atoms with Crippen LogP contribution in [0.1, 0.15) is 85.0 Å². The maximum atomic E-state index is 13.6. The predicted octanol–water partition coefficient (Wildman–Crippen LogP) is 6.18. The van der Waals surface area contributed by atoms with Gasteiger partial charge in [-0.05, 0) is 93.8 Å². The number of hydrogen-bond acceptors (Lipinski definition) is 3. The Morgan fingerprint density at radius 1 is 0.909 bits per heavy atom. The van der Waals surface area contributed by atoms with E-state index in [2.05, 4.69) is 40.7 Å². The summed E-state index contributed by atoms with van der Waals surface area (Å²) < 4.78 is 1.89. The van der Waals surface area contributed by atoms with Gasteiger partial charge in [0.05, 0.1) is 28.9 Å². The number of ketones is 1. The number of hydrogen-bond donors (Lipinski definition) is 0. The van der Waals surface area contributed by atoms with Crippen molar-refractivity contribution < 1.29 is 4.79 Å². The van der Waals surface area contributed by atoms with E-state index in [4.69, 9.17) is 4.98 Å². The molecule has 0 radical (unpaired) electrons. The molecule has 1 atom stereocenters. The van der Waals surface area contributed by atoms with Gasteiger partial charge in [0.2, 0.25) is 0 Å². The van der Waals surface area contributed by atoms with Crippen molar-refractivity contribution in [3.8, 4) is 11.4 Å². The van der Waals surface area contributed by atoms with Crippen LogP contribution in [0.4, 0.5) is 0 Å². The van der Waals surface area contributed by atoms with E-state index in [1.807, 2.05) is 32.3 Å². The molecule has 0 amide bonds. The van der Waals surface area contributed by atoms with E-state index in [0.717, 1.165) is 33.6 Å². The molecule has 5 rings (SSSR count). The Balaban J connectivity index is 0.00000126. The fraction of sp³-hybridized carbons (Fsp3) is 0.483. The summed E-state index contributed by atoms with van der Waals surface area (Å²) in [4.78, 5) is 31.5. The minimum absolute atomic E-state index is 0.0573. The second-order valence-electron chi connectivity index (χ2n) is 9.71. The van der Waals surface area contributed by atoms with Gasteiger partial charge in [0.25, 0.3) is 5.56 Å². The van der Waals surface area contributed by atoms with Crippen LogP contribution in [0.15, 0.2) is 10.9 Å². The number of carbonyl (C=O) groups is 1. The maximum Gasteiger partial charge on any atom is 0.254 e. The van der Waals surface area contributed by atoms with Crippen LogP contribution >= 0.6 is 0 Å². The first-order chi connectivity index (χ1) is 15.6. The number of aromatic nitrogens is 2. The van der Waals surface area contributed by atoms with E-state index >= 15 is 0 Å². The van der Waals surface area contributed by atoms with Crippen LogP contribution < -0.4 is 5.56 Å². The number of rotatable bonds is 1. The molecular formula is C29H36N2O2. The Bertz CT molecular complexity index is 1390. The quantitative estimate of drug-likeness (QED) is 0.352. The van der Waals surface area contributed by atoms with Gasteiger partial charge >= 0.3 is 0 Å². The molecule has 1 aliphatic carbocycles. The van der Waals surface area contributed by atoms with Crippen LogP contribution in [-0.4, -0.2) is 15.3 Å². The van der Waals surface area contributed by atoms with E-state index in [0.29, 0.717) is 25.8 Å². The molecule has 174 valence electrons. The fourth-order valence-electron chi connectivity index (χ4n) is 5.79. The van der Waals surface area contributed by atoms with Crippen molar-refractivity contribution >= 4 is 16.7 Å². The lowest BCUT2D eigenvalue weighted by Crippen LogP contribution is -2.41. The fourth-order valence-corrected chi connectivity index (χ4v) is 5.79. The largest absolute Gasteiger partial charge is 0.302 e. The molecule has 1 unspecified atom stereocenters. The zero-order valence-electron chi connectivity index (χ0n) is 21.6. The highest BCUT2D eigenvalue weighted by atomic mass is 16.1. The lowest BCUT2D eigenvalue weighted by molar-refractivity contribution is -0.124. The van der Waals surface area contributed by atoms with E-state index < -0.39 is 5.41 Å². The van der Waals surface area contributed by atoms with Crippen molar-refractivity contribution in [3.63, 3.8) is 0 Å². The van der Waals surface area contributed by atoms with Crippen molar-refractivity contribution in [3.05, 3.63) is 60.9 Å². The van der Waals surface area contributed by atoms with Gasteiger partial charge in [-0.1, -0.05) is 20.8 Å². The van der Waals surface area contributed by atoms with E-state index in [-0.39, 0.29) is 11.3 Å². The average Bonchev–Trinajstić information content (AvgIpc) is 3.19. The topological polar surface area (TPSA) is 52.0 Å². The second-order valence-corrected chi connectivity index (χ2v) is 9.71. The molecule has 33 heavy (non-hydrogen) atoms. The standard InChI is InChI=1S/C27H30N2O2.C2H6/c1-8-27(7)20-11-21-25-19(12-29(21)26(31)18(20)9-10-22(27)30)17(6)23-15(4)13(2)14(3)16(5)24(23)28-25;1-2/h11H,8-10,12H2,1-7H3;1-2H3. The van der Waals surface area contributed by atoms with Crippen LogP contribution in [0.5, 0.6) is 0 Å². The molecule has 1 aromatic carbocycles. The van der Waals surface area contributed by atoms with Gasteiger partial charge < -0.3 is 4.57 Å². The smallest absolute Gasteiger partial charge is 0.254 e. The summed E-state index contributed by atoms with van der Waals surface area (Å²) in [6.45, 7) is 19.4. The van der Waals surface area contributed by atoms with Gasteiger partial charge in [0.15, 0.2) is 0 Å². The second kappa shape index (κ2) is 7.93. The Morgan fingerprint density at radius 3 is 2.18 bits per heavy atom. The first kappa shape index (κ1) is 23.4. The first-order valence-corrected chi connectivity index (χ1v) is 12.3. The number of carbonyl (C=O) groups excluding carboxylic acids is 1. The summed E-state index contributed by atoms with van der Waals surface area (Å²) in [7, 11) is 0. The van der Waals surface area contributed by atoms with Crippen LogP contribution in [0.25, 0.3) is 22.3 Å². The van der Waals surface area contributed by atoms with Crippen molar-refractivity contribution in [1.82, 2.24) is 9.55 Å². The van der Waals surface area contributed by atoms with E-state index in [1.54, 1.807) is 0 Å². The molecule has 4 heteroatoms. The molecular weight excluding hydrogens is 408 g/mol. The zero-order chi connectivity index (χ0) is 24.4. The van der Waals surface area contributed by atoms with Crippen molar-refractivity contribution in [1.29, 1.82) is 0 Å². The molecule has 2 aliphatic rings. The molecule has 0 bridgehead atoms. The molecule has 0 spiro atoms. The number of benzene rings is 1. The lowest BCUT2D eigenvalue weighted by atomic mass is 9.69. The highest BCUT2D eigenvalue weighted by Gasteiger charge is 2.41. The molecule has 4 nitrogen and oxygen atoms in total. The molecule has 3 aromatic rings. The Kier molecular flexibility index (Phi) is 5.63. The Labute approximate surface area is 197 Å². The number of nitrogens with zero attached hydrogens (tertiary/aromatic N) is 2. The average molecular weight is 445 g/mol. The summed E-state index contributed by atoms with van der Waals surface area (Å²) in [6, 6.07) is 2.10. The normalized spacial score (nSPS) is 18.5. The molecule has 0 fully saturated rings. The number of pyridine rings is 2. The number of fused-ring (bicyclic) bond motifs is 5. The monoisotopic (exact) mass is 444 g/mol. The third-order valence-electron chi connectivity index (χ3n) is 8.47. The summed E-state index contributed by atoms with van der Waals surface area (Å²) in [5.74, 6) is 0.241. The van der Waals surface area contributed by atoms with E-state index in [1.165, 1.54) is 33.2 Å². The predicted molar refractivity (Wildman–Crippen MR) is 137 cm³/mol. The third-order valence-corrected chi connectivity index (χ3v) is 8.47. The van der Waals surface area contributed by atoms with Gasteiger partial charge in [-0.3, -0.25) is 9.59 Å². The van der Waals surface area contributed by atoms with Crippen LogP contribution in [0.2, 0.25) is 0 Å². The zero-order valence-corrected chi connectivity index (χ0v) is 21.6. The van der Waals surface area contributed by atoms with Crippen molar-refractivity contribution in [2.75, 3.05) is 0 Å². The van der Waals surface area contributed by atoms with Crippen molar-refractivity contribution in [2.45, 2.75) is 93.5 Å². The molecule has 2 aromatic heterocycles. The molecule has 1 aliphatic heterocycles. The van der Waals surface area contributed by atoms with Gasteiger partial charge in [0, 0.05) is 22.9 Å². The molecule has 3 heterocycles. The van der Waals surface area contributed by atoms with Crippen molar-refractivity contribution in [2.24, 2.45) is 0 Å². The lowest BCUT2D eigenvalue weighted by Gasteiger charge is -2.33. The van der Waals surface area contributed by atoms with Gasteiger partial charge in [-0.2, -0.15) is 0 Å². The maximum absolute atomic E-state index is 13.6. The van der Waals surface area contributed by atoms with Crippen LogP contribution in [0.3, 0.4) is 0 Å². The summed E-state index contributed by atoms with van der Waals surface area (Å²) in [5, 5.41) is 1.22. The van der Waals surface area contributed by atoms with Gasteiger partial charge in [0.1, 0.15) is 5.78 Å². The molecule has 0 saturated heterocycles.